The lowest BCUT2D eigenvalue weighted by Crippen LogP contribution is -2.41. The van der Waals surface area contributed by atoms with Crippen molar-refractivity contribution in [1.82, 2.24) is 20.2 Å². The number of benzene rings is 1. The number of hydrogen-bond donors (Lipinski definition) is 2. The first-order chi connectivity index (χ1) is 10.8. The number of nitrogens with one attached hydrogen (secondary N) is 2. The van der Waals surface area contributed by atoms with Gasteiger partial charge in [0.25, 0.3) is 5.56 Å². The first-order valence-corrected chi connectivity index (χ1v) is 8.25. The number of aromatic amines is 1. The van der Waals surface area contributed by atoms with Crippen molar-refractivity contribution in [2.24, 2.45) is 0 Å². The Kier molecular flexibility index (Phi) is 3.68. The summed E-state index contributed by atoms with van der Waals surface area (Å²) in [6.07, 6.45) is 3.55. The molecule has 0 spiro atoms. The van der Waals surface area contributed by atoms with Gasteiger partial charge in [-0.15, -0.1) is 0 Å². The minimum Gasteiger partial charge on any atom is -0.317 e. The lowest BCUT2D eigenvalue weighted by Gasteiger charge is -2.31. The van der Waals surface area contributed by atoms with Crippen LogP contribution < -0.4 is 10.9 Å². The van der Waals surface area contributed by atoms with Crippen LogP contribution in [0.1, 0.15) is 31.0 Å². The van der Waals surface area contributed by atoms with E-state index < -0.39 is 0 Å². The number of aromatic nitrogens is 2. The summed E-state index contributed by atoms with van der Waals surface area (Å²) in [7, 11) is 0. The highest BCUT2D eigenvalue weighted by Crippen LogP contribution is 2.28. The number of likely N-dealkylation sites (tertiary alicyclic amines) is 1. The van der Waals surface area contributed by atoms with E-state index in [1.165, 1.54) is 12.8 Å². The van der Waals surface area contributed by atoms with Gasteiger partial charge in [-0.3, -0.25) is 9.69 Å². The third kappa shape index (κ3) is 2.55. The quantitative estimate of drug-likeness (QED) is 0.881. The Bertz CT molecular complexity index is 720. The molecule has 0 radical (unpaired) electrons. The van der Waals surface area contributed by atoms with Crippen molar-refractivity contribution in [2.75, 3.05) is 26.2 Å². The van der Waals surface area contributed by atoms with Crippen LogP contribution in [0.3, 0.4) is 0 Å². The van der Waals surface area contributed by atoms with Gasteiger partial charge in [-0.2, -0.15) is 0 Å². The predicted octanol–water partition coefficient (Wildman–Crippen LogP) is 1.46. The Morgan fingerprint density at radius 1 is 1.14 bits per heavy atom. The number of nitrogens with zero attached hydrogens (tertiary/aromatic N) is 2. The fraction of sp³-hybridized carbons (Fsp3) is 0.529. The molecule has 0 aliphatic carbocycles. The SMILES string of the molecule is O=c1[nH]c(C2CCN(C3CCNCC3)C2)nc2ccccc12. The van der Waals surface area contributed by atoms with Gasteiger partial charge >= 0.3 is 0 Å². The van der Waals surface area contributed by atoms with E-state index in [1.54, 1.807) is 0 Å². The molecule has 2 saturated heterocycles. The smallest absolute Gasteiger partial charge is 0.258 e. The topological polar surface area (TPSA) is 61.0 Å². The summed E-state index contributed by atoms with van der Waals surface area (Å²) in [5.41, 5.74) is 0.794. The highest BCUT2D eigenvalue weighted by molar-refractivity contribution is 5.77. The molecular formula is C17H22N4O. The molecule has 0 bridgehead atoms. The molecule has 2 aliphatic heterocycles. The van der Waals surface area contributed by atoms with E-state index in [0.29, 0.717) is 17.3 Å². The largest absolute Gasteiger partial charge is 0.317 e. The second-order valence-corrected chi connectivity index (χ2v) is 6.43. The third-order valence-electron chi connectivity index (χ3n) is 5.06. The Morgan fingerprint density at radius 3 is 2.82 bits per heavy atom. The fourth-order valence-electron chi connectivity index (χ4n) is 3.81. The minimum absolute atomic E-state index is 0.0130. The van der Waals surface area contributed by atoms with E-state index in [0.717, 1.165) is 43.9 Å². The van der Waals surface area contributed by atoms with Crippen molar-refractivity contribution >= 4 is 10.9 Å². The average molecular weight is 298 g/mol. The number of para-hydroxylation sites is 1. The van der Waals surface area contributed by atoms with Crippen molar-refractivity contribution in [3.63, 3.8) is 0 Å². The van der Waals surface area contributed by atoms with E-state index in [-0.39, 0.29) is 5.56 Å². The molecule has 2 aliphatic rings. The van der Waals surface area contributed by atoms with Gasteiger partial charge in [0.2, 0.25) is 0 Å². The molecule has 1 unspecified atom stereocenters. The summed E-state index contributed by atoms with van der Waals surface area (Å²) >= 11 is 0. The van der Waals surface area contributed by atoms with Gasteiger partial charge < -0.3 is 10.3 Å². The Labute approximate surface area is 129 Å². The van der Waals surface area contributed by atoms with E-state index in [2.05, 4.69) is 15.2 Å². The van der Waals surface area contributed by atoms with Crippen LogP contribution in [0.15, 0.2) is 29.1 Å². The van der Waals surface area contributed by atoms with Crippen LogP contribution in [-0.2, 0) is 0 Å². The first-order valence-electron chi connectivity index (χ1n) is 8.25. The zero-order chi connectivity index (χ0) is 14.9. The zero-order valence-corrected chi connectivity index (χ0v) is 12.7. The molecule has 2 aromatic rings. The maximum absolute atomic E-state index is 12.2. The van der Waals surface area contributed by atoms with Gasteiger partial charge in [-0.1, -0.05) is 12.1 Å². The molecule has 2 N–H and O–H groups in total. The number of hydrogen-bond acceptors (Lipinski definition) is 4. The summed E-state index contributed by atoms with van der Waals surface area (Å²) in [6.45, 7) is 4.38. The van der Waals surface area contributed by atoms with Gasteiger partial charge in [0.15, 0.2) is 0 Å². The summed E-state index contributed by atoms with van der Waals surface area (Å²) in [5, 5.41) is 4.10. The van der Waals surface area contributed by atoms with E-state index in [4.69, 9.17) is 4.98 Å². The Balaban J connectivity index is 1.56. The van der Waals surface area contributed by atoms with Gasteiger partial charge in [0, 0.05) is 18.5 Å². The molecule has 0 amide bonds. The van der Waals surface area contributed by atoms with Crippen LogP contribution in [0.5, 0.6) is 0 Å². The lowest BCUT2D eigenvalue weighted by atomic mass is 10.0. The molecule has 2 fully saturated rings. The van der Waals surface area contributed by atoms with Crippen molar-refractivity contribution in [2.45, 2.75) is 31.2 Å². The number of piperidine rings is 1. The monoisotopic (exact) mass is 298 g/mol. The maximum atomic E-state index is 12.2. The highest BCUT2D eigenvalue weighted by Gasteiger charge is 2.31. The summed E-state index contributed by atoms with van der Waals surface area (Å²) in [5.74, 6) is 1.22. The molecule has 5 nitrogen and oxygen atoms in total. The molecule has 1 aromatic carbocycles. The van der Waals surface area contributed by atoms with E-state index in [9.17, 15) is 4.79 Å². The van der Waals surface area contributed by atoms with Crippen molar-refractivity contribution < 1.29 is 0 Å². The van der Waals surface area contributed by atoms with Crippen LogP contribution in [0.4, 0.5) is 0 Å². The maximum Gasteiger partial charge on any atom is 0.258 e. The van der Waals surface area contributed by atoms with Crippen LogP contribution in [0.2, 0.25) is 0 Å². The fourth-order valence-corrected chi connectivity index (χ4v) is 3.81. The average Bonchev–Trinajstić information content (AvgIpc) is 3.06. The second-order valence-electron chi connectivity index (χ2n) is 6.43. The van der Waals surface area contributed by atoms with Crippen LogP contribution >= 0.6 is 0 Å². The number of rotatable bonds is 2. The predicted molar refractivity (Wildman–Crippen MR) is 87.2 cm³/mol. The minimum atomic E-state index is -0.0130. The number of fused-ring (bicyclic) bond motifs is 1. The molecule has 22 heavy (non-hydrogen) atoms. The highest BCUT2D eigenvalue weighted by atomic mass is 16.1. The molecule has 0 saturated carbocycles. The standard InChI is InChI=1S/C17H22N4O/c22-17-14-3-1-2-4-15(14)19-16(20-17)12-7-10-21(11-12)13-5-8-18-9-6-13/h1-4,12-13,18H,5-11H2,(H,19,20,22). The third-order valence-corrected chi connectivity index (χ3v) is 5.06. The molecule has 1 atom stereocenters. The molecule has 5 heteroatoms. The molecular weight excluding hydrogens is 276 g/mol. The molecule has 1 aromatic heterocycles. The van der Waals surface area contributed by atoms with Gasteiger partial charge in [-0.05, 0) is 51.0 Å². The normalized spacial score (nSPS) is 24.1. The first kappa shape index (κ1) is 13.9. The van der Waals surface area contributed by atoms with E-state index >= 15 is 0 Å². The van der Waals surface area contributed by atoms with Gasteiger partial charge in [0.05, 0.1) is 10.9 Å². The van der Waals surface area contributed by atoms with Crippen molar-refractivity contribution in [3.8, 4) is 0 Å². The summed E-state index contributed by atoms with van der Waals surface area (Å²) in [4.78, 5) is 22.5. The molecule has 4 rings (SSSR count). The Morgan fingerprint density at radius 2 is 1.95 bits per heavy atom. The second kappa shape index (κ2) is 5.82. The van der Waals surface area contributed by atoms with Crippen LogP contribution in [-0.4, -0.2) is 47.1 Å². The summed E-state index contributed by atoms with van der Waals surface area (Å²) in [6, 6.07) is 8.27. The van der Waals surface area contributed by atoms with Gasteiger partial charge in [0.1, 0.15) is 5.82 Å². The van der Waals surface area contributed by atoms with Crippen molar-refractivity contribution in [1.29, 1.82) is 0 Å². The molecule has 116 valence electrons. The van der Waals surface area contributed by atoms with Crippen LogP contribution in [0.25, 0.3) is 10.9 Å². The lowest BCUT2D eigenvalue weighted by molar-refractivity contribution is 0.196. The van der Waals surface area contributed by atoms with Crippen LogP contribution in [0, 0.1) is 0 Å². The summed E-state index contributed by atoms with van der Waals surface area (Å²) < 4.78 is 0. The molecule has 3 heterocycles. The van der Waals surface area contributed by atoms with E-state index in [1.807, 2.05) is 24.3 Å². The Hall–Kier alpha value is -1.72. The zero-order valence-electron chi connectivity index (χ0n) is 12.7. The van der Waals surface area contributed by atoms with Crippen molar-refractivity contribution in [3.05, 3.63) is 40.4 Å². The van der Waals surface area contributed by atoms with Gasteiger partial charge in [-0.25, -0.2) is 4.98 Å². The number of H-pyrrole nitrogens is 1.